The van der Waals surface area contributed by atoms with Crippen molar-refractivity contribution in [2.75, 3.05) is 18.1 Å². The number of hydrogen-bond acceptors (Lipinski definition) is 8. The summed E-state index contributed by atoms with van der Waals surface area (Å²) in [4.78, 5) is 53.8. The molecule has 0 aliphatic heterocycles. The van der Waals surface area contributed by atoms with Crippen LogP contribution in [0.2, 0.25) is 0 Å². The number of carbonyl (C=O) groups excluding carboxylic acids is 3. The van der Waals surface area contributed by atoms with Gasteiger partial charge in [-0.1, -0.05) is 0 Å². The molecule has 0 bridgehead atoms. The molecule has 7 N–H and O–H groups in total. The number of thiol groups is 2. The smallest absolute Gasteiger partial charge is 0.327 e. The van der Waals surface area contributed by atoms with Crippen LogP contribution in [0.15, 0.2) is 12.5 Å². The zero-order valence-corrected chi connectivity index (χ0v) is 16.0. The quantitative estimate of drug-likeness (QED) is 0.180. The first kappa shape index (κ1) is 22.8. The molecule has 0 aliphatic carbocycles. The number of nitrogens with one attached hydrogen (secondary N) is 4. The summed E-state index contributed by atoms with van der Waals surface area (Å²) >= 11 is 7.76. The Morgan fingerprint density at radius 2 is 1.85 bits per heavy atom. The Bertz CT molecular complexity index is 656. The van der Waals surface area contributed by atoms with Crippen LogP contribution in [0.3, 0.4) is 0 Å². The second-order valence-electron chi connectivity index (χ2n) is 5.47. The second-order valence-corrected chi connectivity index (χ2v) is 6.20. The number of carboxylic acids is 1. The lowest BCUT2D eigenvalue weighted by Crippen LogP contribution is -2.55. The molecule has 1 aromatic rings. The molecule has 1 aromatic heterocycles. The van der Waals surface area contributed by atoms with Crippen LogP contribution in [-0.4, -0.2) is 74.9 Å². The molecule has 27 heavy (non-hydrogen) atoms. The fraction of sp³-hybridized carbons (Fsp3) is 0.500. The standard InChI is InChI=1S/C14H22N6O5S2/c15-8(4-26)12(22)17-3-11(21)19-9(1-7-2-16-6-18-7)13(23)20-10(5-27)14(24)25/h2,6,8-10,26-27H,1,3-5,15H2,(H,16,18)(H,17,22)(H,19,21)(H,20,23)(H,24,25). The molecule has 11 nitrogen and oxygen atoms in total. The molecule has 0 saturated carbocycles. The molecule has 0 saturated heterocycles. The van der Waals surface area contributed by atoms with Crippen molar-refractivity contribution in [3.05, 3.63) is 18.2 Å². The lowest BCUT2D eigenvalue weighted by Gasteiger charge is -2.20. The van der Waals surface area contributed by atoms with Crippen molar-refractivity contribution in [1.82, 2.24) is 25.9 Å². The maximum Gasteiger partial charge on any atom is 0.327 e. The van der Waals surface area contributed by atoms with Crippen LogP contribution in [0.5, 0.6) is 0 Å². The van der Waals surface area contributed by atoms with Crippen molar-refractivity contribution in [2.24, 2.45) is 5.73 Å². The minimum atomic E-state index is -1.25. The predicted molar refractivity (Wildman–Crippen MR) is 102 cm³/mol. The monoisotopic (exact) mass is 418 g/mol. The highest BCUT2D eigenvalue weighted by Gasteiger charge is 2.26. The number of nitrogens with two attached hydrogens (primary N) is 1. The molecule has 0 aliphatic rings. The molecule has 0 fully saturated rings. The van der Waals surface area contributed by atoms with E-state index in [1.165, 1.54) is 12.5 Å². The number of carbonyl (C=O) groups is 4. The maximum absolute atomic E-state index is 12.4. The van der Waals surface area contributed by atoms with Gasteiger partial charge in [-0.15, -0.1) is 0 Å². The van der Waals surface area contributed by atoms with Crippen LogP contribution >= 0.6 is 25.3 Å². The SMILES string of the molecule is NC(CS)C(=O)NCC(=O)NC(Cc1c[nH]cn1)C(=O)NC(CS)C(=O)O. The Kier molecular flexibility index (Phi) is 9.67. The minimum absolute atomic E-state index is 0.0179. The van der Waals surface area contributed by atoms with Crippen LogP contribution in [-0.2, 0) is 25.6 Å². The Hall–Kier alpha value is -2.25. The van der Waals surface area contributed by atoms with Crippen LogP contribution < -0.4 is 21.7 Å². The van der Waals surface area contributed by atoms with Gasteiger partial charge < -0.3 is 31.8 Å². The average molecular weight is 419 g/mol. The van der Waals surface area contributed by atoms with Gasteiger partial charge in [-0.25, -0.2) is 9.78 Å². The van der Waals surface area contributed by atoms with Crippen LogP contribution in [0.4, 0.5) is 0 Å². The van der Waals surface area contributed by atoms with Gasteiger partial charge in [0, 0.05) is 24.1 Å². The average Bonchev–Trinajstić information content (AvgIpc) is 3.15. The number of aliphatic carboxylic acids is 1. The van der Waals surface area contributed by atoms with E-state index in [0.29, 0.717) is 5.69 Å². The van der Waals surface area contributed by atoms with Crippen molar-refractivity contribution in [1.29, 1.82) is 0 Å². The number of carboxylic acid groups (broad SMARTS) is 1. The summed E-state index contributed by atoms with van der Waals surface area (Å²) in [7, 11) is 0. The number of amides is 3. The molecule has 3 unspecified atom stereocenters. The molecule has 13 heteroatoms. The summed E-state index contributed by atoms with van der Waals surface area (Å²) in [6.45, 7) is -0.403. The molecule has 0 radical (unpaired) electrons. The first-order chi connectivity index (χ1) is 12.8. The third-order valence-electron chi connectivity index (χ3n) is 3.37. The normalized spacial score (nSPS) is 13.9. The van der Waals surface area contributed by atoms with Gasteiger partial charge >= 0.3 is 5.97 Å². The fourth-order valence-electron chi connectivity index (χ4n) is 1.91. The van der Waals surface area contributed by atoms with E-state index in [1.807, 2.05) is 0 Å². The van der Waals surface area contributed by atoms with Crippen LogP contribution in [0, 0.1) is 0 Å². The largest absolute Gasteiger partial charge is 0.480 e. The lowest BCUT2D eigenvalue weighted by molar-refractivity contribution is -0.141. The van der Waals surface area contributed by atoms with Gasteiger partial charge in [0.2, 0.25) is 17.7 Å². The van der Waals surface area contributed by atoms with Crippen molar-refractivity contribution < 1.29 is 24.3 Å². The minimum Gasteiger partial charge on any atom is -0.480 e. The molecular weight excluding hydrogens is 396 g/mol. The van der Waals surface area contributed by atoms with E-state index in [0.717, 1.165) is 0 Å². The maximum atomic E-state index is 12.4. The molecule has 3 atom stereocenters. The van der Waals surface area contributed by atoms with Gasteiger partial charge in [0.15, 0.2) is 0 Å². The van der Waals surface area contributed by atoms with Crippen LogP contribution in [0.25, 0.3) is 0 Å². The van der Waals surface area contributed by atoms with Gasteiger partial charge in [-0.2, -0.15) is 25.3 Å². The molecule has 0 spiro atoms. The highest BCUT2D eigenvalue weighted by Crippen LogP contribution is 2.00. The van der Waals surface area contributed by atoms with E-state index in [-0.39, 0.29) is 17.9 Å². The van der Waals surface area contributed by atoms with Gasteiger partial charge in [-0.05, 0) is 0 Å². The van der Waals surface area contributed by atoms with Gasteiger partial charge in [0.05, 0.1) is 24.6 Å². The number of nitrogens with zero attached hydrogens (tertiary/aromatic N) is 1. The van der Waals surface area contributed by atoms with E-state index in [9.17, 15) is 19.2 Å². The van der Waals surface area contributed by atoms with Gasteiger partial charge in [0.25, 0.3) is 0 Å². The van der Waals surface area contributed by atoms with Crippen molar-refractivity contribution in [2.45, 2.75) is 24.5 Å². The van der Waals surface area contributed by atoms with Crippen molar-refractivity contribution in [3.8, 4) is 0 Å². The number of imidazole rings is 1. The molecular formula is C14H22N6O5S2. The van der Waals surface area contributed by atoms with Gasteiger partial charge in [0.1, 0.15) is 12.1 Å². The van der Waals surface area contributed by atoms with E-state index >= 15 is 0 Å². The van der Waals surface area contributed by atoms with Crippen LogP contribution in [0.1, 0.15) is 5.69 Å². The summed E-state index contributed by atoms with van der Waals surface area (Å²) in [5.41, 5.74) is 5.96. The topological polar surface area (TPSA) is 179 Å². The Morgan fingerprint density at radius 3 is 2.37 bits per heavy atom. The number of H-pyrrole nitrogens is 1. The first-order valence-electron chi connectivity index (χ1n) is 7.83. The highest BCUT2D eigenvalue weighted by molar-refractivity contribution is 7.80. The molecule has 3 amide bonds. The Labute approximate surface area is 166 Å². The Balaban J connectivity index is 2.73. The van der Waals surface area contributed by atoms with E-state index < -0.39 is 48.4 Å². The molecule has 1 rings (SSSR count). The molecule has 150 valence electrons. The fourth-order valence-corrected chi connectivity index (χ4v) is 2.32. The third kappa shape index (κ3) is 7.88. The summed E-state index contributed by atoms with van der Waals surface area (Å²) in [6, 6.07) is -3.18. The summed E-state index contributed by atoms with van der Waals surface area (Å²) in [5.74, 6) is -3.19. The highest BCUT2D eigenvalue weighted by atomic mass is 32.1. The van der Waals surface area contributed by atoms with E-state index in [2.05, 4.69) is 51.2 Å². The van der Waals surface area contributed by atoms with E-state index in [1.54, 1.807) is 0 Å². The zero-order chi connectivity index (χ0) is 20.4. The third-order valence-corrected chi connectivity index (χ3v) is 4.13. The Morgan fingerprint density at radius 1 is 1.15 bits per heavy atom. The van der Waals surface area contributed by atoms with Crippen molar-refractivity contribution in [3.63, 3.8) is 0 Å². The number of aromatic amines is 1. The lowest BCUT2D eigenvalue weighted by atomic mass is 10.1. The first-order valence-corrected chi connectivity index (χ1v) is 9.10. The second kappa shape index (κ2) is 11.5. The molecule has 1 heterocycles. The number of aromatic nitrogens is 2. The van der Waals surface area contributed by atoms with E-state index in [4.69, 9.17) is 10.8 Å². The number of rotatable bonds is 11. The summed E-state index contributed by atoms with van der Waals surface area (Å²) in [6.07, 6.45) is 2.95. The summed E-state index contributed by atoms with van der Waals surface area (Å²) in [5, 5.41) is 16.1. The molecule has 0 aromatic carbocycles. The van der Waals surface area contributed by atoms with Gasteiger partial charge in [-0.3, -0.25) is 14.4 Å². The number of hydrogen-bond donors (Lipinski definition) is 8. The summed E-state index contributed by atoms with van der Waals surface area (Å²) < 4.78 is 0. The zero-order valence-electron chi connectivity index (χ0n) is 14.2. The predicted octanol–water partition coefficient (Wildman–Crippen LogP) is -2.69. The van der Waals surface area contributed by atoms with Crippen molar-refractivity contribution >= 4 is 48.9 Å².